The van der Waals surface area contributed by atoms with Crippen molar-refractivity contribution in [1.82, 2.24) is 15.5 Å². The van der Waals surface area contributed by atoms with Crippen molar-refractivity contribution in [2.24, 2.45) is 5.92 Å². The summed E-state index contributed by atoms with van der Waals surface area (Å²) in [6, 6.07) is 0.276. The van der Waals surface area contributed by atoms with Gasteiger partial charge in [-0.15, -0.1) is 0 Å². The molecule has 0 heterocycles. The third-order valence-electron chi connectivity index (χ3n) is 5.57. The van der Waals surface area contributed by atoms with Crippen LogP contribution in [0.3, 0.4) is 0 Å². The second-order valence-corrected chi connectivity index (χ2v) is 7.41. The van der Waals surface area contributed by atoms with Crippen molar-refractivity contribution < 1.29 is 9.90 Å². The zero-order valence-corrected chi connectivity index (χ0v) is 14.2. The Balaban J connectivity index is 1.82. The van der Waals surface area contributed by atoms with Gasteiger partial charge in [0.1, 0.15) is 0 Å². The van der Waals surface area contributed by atoms with E-state index in [9.17, 15) is 9.90 Å². The van der Waals surface area contributed by atoms with Crippen LogP contribution < -0.4 is 10.6 Å². The number of rotatable bonds is 6. The van der Waals surface area contributed by atoms with Crippen LogP contribution >= 0.6 is 0 Å². The molecule has 0 aliphatic heterocycles. The van der Waals surface area contributed by atoms with Gasteiger partial charge in [-0.2, -0.15) is 0 Å². The van der Waals surface area contributed by atoms with Gasteiger partial charge < -0.3 is 20.6 Å². The van der Waals surface area contributed by atoms with E-state index in [1.54, 1.807) is 0 Å². The monoisotopic (exact) mass is 311 g/mol. The van der Waals surface area contributed by atoms with Gasteiger partial charge in [0, 0.05) is 12.6 Å². The van der Waals surface area contributed by atoms with Crippen LogP contribution in [-0.4, -0.2) is 54.9 Å². The van der Waals surface area contributed by atoms with Crippen LogP contribution in [0.4, 0.5) is 4.79 Å². The minimum Gasteiger partial charge on any atom is -0.394 e. The largest absolute Gasteiger partial charge is 0.394 e. The number of aliphatic hydroxyl groups excluding tert-OH is 1. The number of aliphatic hydroxyl groups is 1. The van der Waals surface area contributed by atoms with Gasteiger partial charge in [-0.05, 0) is 45.7 Å². The first kappa shape index (κ1) is 17.5. The molecule has 0 spiro atoms. The van der Waals surface area contributed by atoms with Gasteiger partial charge in [-0.25, -0.2) is 4.79 Å². The van der Waals surface area contributed by atoms with Crippen LogP contribution in [0.15, 0.2) is 0 Å². The minimum absolute atomic E-state index is 0.0418. The number of urea groups is 1. The molecule has 5 heteroatoms. The first-order valence-electron chi connectivity index (χ1n) is 8.90. The third-order valence-corrected chi connectivity index (χ3v) is 5.57. The number of carbonyl (C=O) groups is 1. The van der Waals surface area contributed by atoms with Gasteiger partial charge in [-0.1, -0.05) is 32.1 Å². The number of hydrogen-bond acceptors (Lipinski definition) is 3. The van der Waals surface area contributed by atoms with Crippen molar-refractivity contribution in [2.75, 3.05) is 27.2 Å². The van der Waals surface area contributed by atoms with Crippen molar-refractivity contribution in [2.45, 2.75) is 69.4 Å². The lowest BCUT2D eigenvalue weighted by Crippen LogP contribution is -2.55. The SMILES string of the molecule is CN(C)C(CNC(=O)NC1(CO)CCCC1)C1CCCCC1. The molecule has 128 valence electrons. The zero-order chi connectivity index (χ0) is 16.0. The van der Waals surface area contributed by atoms with Crippen LogP contribution in [0, 0.1) is 5.92 Å². The van der Waals surface area contributed by atoms with Gasteiger partial charge in [0.15, 0.2) is 0 Å². The standard InChI is InChI=1S/C17H33N3O2/c1-20(2)15(14-8-4-3-5-9-14)12-18-16(22)19-17(13-21)10-6-7-11-17/h14-15,21H,3-13H2,1-2H3,(H2,18,19,22). The quantitative estimate of drug-likeness (QED) is 0.704. The molecule has 2 fully saturated rings. The molecule has 3 N–H and O–H groups in total. The molecular formula is C17H33N3O2. The van der Waals surface area contributed by atoms with E-state index in [1.165, 1.54) is 32.1 Å². The summed E-state index contributed by atoms with van der Waals surface area (Å²) in [7, 11) is 4.20. The van der Waals surface area contributed by atoms with Crippen LogP contribution in [0.5, 0.6) is 0 Å². The molecular weight excluding hydrogens is 278 g/mol. The summed E-state index contributed by atoms with van der Waals surface area (Å²) in [5, 5.41) is 15.6. The Bertz CT molecular complexity index is 348. The predicted molar refractivity (Wildman–Crippen MR) is 88.9 cm³/mol. The molecule has 1 atom stereocenters. The highest BCUT2D eigenvalue weighted by molar-refractivity contribution is 5.74. The molecule has 0 aromatic carbocycles. The van der Waals surface area contributed by atoms with Gasteiger partial charge in [0.25, 0.3) is 0 Å². The summed E-state index contributed by atoms with van der Waals surface area (Å²) >= 11 is 0. The normalized spacial score (nSPS) is 23.5. The first-order valence-corrected chi connectivity index (χ1v) is 8.90. The van der Waals surface area contributed by atoms with Crippen LogP contribution in [-0.2, 0) is 0 Å². The Morgan fingerprint density at radius 1 is 1.18 bits per heavy atom. The lowest BCUT2D eigenvalue weighted by atomic mass is 9.83. The summed E-state index contributed by atoms with van der Waals surface area (Å²) in [6.07, 6.45) is 10.5. The maximum absolute atomic E-state index is 12.2. The maximum atomic E-state index is 12.2. The maximum Gasteiger partial charge on any atom is 0.315 e. The van der Waals surface area contributed by atoms with E-state index in [2.05, 4.69) is 29.6 Å². The second kappa shape index (κ2) is 8.16. The fourth-order valence-corrected chi connectivity index (χ4v) is 4.15. The van der Waals surface area contributed by atoms with Gasteiger partial charge in [0.05, 0.1) is 12.1 Å². The molecule has 0 saturated heterocycles. The minimum atomic E-state index is -0.386. The van der Waals surface area contributed by atoms with Crippen molar-refractivity contribution in [3.05, 3.63) is 0 Å². The number of likely N-dealkylation sites (N-methyl/N-ethyl adjacent to an activating group) is 1. The Morgan fingerprint density at radius 2 is 1.82 bits per heavy atom. The predicted octanol–water partition coefficient (Wildman–Crippen LogP) is 2.10. The molecule has 2 aliphatic carbocycles. The highest BCUT2D eigenvalue weighted by Gasteiger charge is 2.35. The van der Waals surface area contributed by atoms with Gasteiger partial charge in [0.2, 0.25) is 0 Å². The zero-order valence-electron chi connectivity index (χ0n) is 14.2. The molecule has 2 aliphatic rings. The second-order valence-electron chi connectivity index (χ2n) is 7.41. The topological polar surface area (TPSA) is 64.6 Å². The van der Waals surface area contributed by atoms with E-state index in [0.29, 0.717) is 18.5 Å². The van der Waals surface area contributed by atoms with E-state index >= 15 is 0 Å². The van der Waals surface area contributed by atoms with Crippen LogP contribution in [0.25, 0.3) is 0 Å². The van der Waals surface area contributed by atoms with Crippen molar-refractivity contribution in [3.63, 3.8) is 0 Å². The molecule has 22 heavy (non-hydrogen) atoms. The fraction of sp³-hybridized carbons (Fsp3) is 0.941. The number of nitrogens with zero attached hydrogens (tertiary/aromatic N) is 1. The molecule has 0 aromatic heterocycles. The number of amides is 2. The van der Waals surface area contributed by atoms with E-state index in [0.717, 1.165) is 25.7 Å². The third kappa shape index (κ3) is 4.59. The van der Waals surface area contributed by atoms with E-state index in [4.69, 9.17) is 0 Å². The lowest BCUT2D eigenvalue weighted by molar-refractivity contribution is 0.152. The van der Waals surface area contributed by atoms with Crippen LogP contribution in [0.2, 0.25) is 0 Å². The van der Waals surface area contributed by atoms with Crippen LogP contribution in [0.1, 0.15) is 57.8 Å². The van der Waals surface area contributed by atoms with Gasteiger partial charge in [-0.3, -0.25) is 0 Å². The average molecular weight is 311 g/mol. The smallest absolute Gasteiger partial charge is 0.315 e. The van der Waals surface area contributed by atoms with E-state index < -0.39 is 0 Å². The fourth-order valence-electron chi connectivity index (χ4n) is 4.15. The first-order chi connectivity index (χ1) is 10.6. The van der Waals surface area contributed by atoms with Gasteiger partial charge >= 0.3 is 6.03 Å². The molecule has 2 saturated carbocycles. The van der Waals surface area contributed by atoms with Crippen molar-refractivity contribution in [1.29, 1.82) is 0 Å². The summed E-state index contributed by atoms with van der Waals surface area (Å²) in [5.74, 6) is 0.683. The average Bonchev–Trinajstić information content (AvgIpc) is 2.97. The summed E-state index contributed by atoms with van der Waals surface area (Å²) in [6.45, 7) is 0.727. The van der Waals surface area contributed by atoms with Crippen molar-refractivity contribution >= 4 is 6.03 Å². The Labute approximate surface area is 134 Å². The summed E-state index contributed by atoms with van der Waals surface area (Å²) < 4.78 is 0. The molecule has 0 bridgehead atoms. The highest BCUT2D eigenvalue weighted by Crippen LogP contribution is 2.29. The molecule has 0 radical (unpaired) electrons. The molecule has 0 aromatic rings. The number of carbonyl (C=O) groups excluding carboxylic acids is 1. The van der Waals surface area contributed by atoms with Crippen molar-refractivity contribution in [3.8, 4) is 0 Å². The lowest BCUT2D eigenvalue weighted by Gasteiger charge is -2.35. The molecule has 5 nitrogen and oxygen atoms in total. The number of hydrogen-bond donors (Lipinski definition) is 3. The van der Waals surface area contributed by atoms with E-state index in [1.807, 2.05) is 0 Å². The van der Waals surface area contributed by atoms with E-state index in [-0.39, 0.29) is 18.2 Å². The summed E-state index contributed by atoms with van der Waals surface area (Å²) in [5.41, 5.74) is -0.386. The summed E-state index contributed by atoms with van der Waals surface area (Å²) in [4.78, 5) is 14.5. The molecule has 2 rings (SSSR count). The Kier molecular flexibility index (Phi) is 6.50. The molecule has 1 unspecified atom stereocenters. The highest BCUT2D eigenvalue weighted by atomic mass is 16.3. The Morgan fingerprint density at radius 3 is 2.36 bits per heavy atom. The molecule has 2 amide bonds. The Hall–Kier alpha value is -0.810. The number of nitrogens with one attached hydrogen (secondary N) is 2.